The molecule has 0 unspecified atom stereocenters. The van der Waals surface area contributed by atoms with Crippen LogP contribution in [0.3, 0.4) is 0 Å². The van der Waals surface area contributed by atoms with Crippen molar-refractivity contribution in [2.24, 2.45) is 0 Å². The Labute approximate surface area is 141 Å². The quantitative estimate of drug-likeness (QED) is 0.760. The van der Waals surface area contributed by atoms with Gasteiger partial charge in [0.2, 0.25) is 0 Å². The van der Waals surface area contributed by atoms with Crippen LogP contribution in [-0.4, -0.2) is 18.5 Å². The van der Waals surface area contributed by atoms with Crippen molar-refractivity contribution in [2.75, 3.05) is 17.2 Å². The minimum atomic E-state index is -0.405. The van der Waals surface area contributed by atoms with Crippen LogP contribution in [0.1, 0.15) is 18.1 Å². The largest absolute Gasteiger partial charge is 0.338 e. The molecule has 3 N–H and O–H groups in total. The lowest BCUT2D eigenvalue weighted by Gasteiger charge is -2.10. The van der Waals surface area contributed by atoms with E-state index in [1.165, 1.54) is 0 Å². The number of carbonyl (C=O) groups excluding carboxylic acids is 2. The van der Waals surface area contributed by atoms with Crippen LogP contribution < -0.4 is 16.0 Å². The molecule has 3 amide bonds. The maximum absolute atomic E-state index is 12.0. The van der Waals surface area contributed by atoms with Crippen molar-refractivity contribution in [1.29, 1.82) is 0 Å². The molecule has 0 heterocycles. The lowest BCUT2D eigenvalue weighted by Crippen LogP contribution is -2.28. The number of aryl methyl sites for hydroxylation is 1. The molecule has 0 aliphatic rings. The minimum Gasteiger partial charge on any atom is -0.338 e. The van der Waals surface area contributed by atoms with Crippen molar-refractivity contribution >= 4 is 23.3 Å². The molecule has 0 saturated carbocycles. The number of rotatable bonds is 3. The number of nitrogens with one attached hydrogen (secondary N) is 3. The van der Waals surface area contributed by atoms with Crippen molar-refractivity contribution in [3.63, 3.8) is 0 Å². The third-order valence-corrected chi connectivity index (χ3v) is 3.18. The summed E-state index contributed by atoms with van der Waals surface area (Å²) in [4.78, 5) is 23.5. The summed E-state index contributed by atoms with van der Waals surface area (Å²) in [7, 11) is 0. The third kappa shape index (κ3) is 5.18. The van der Waals surface area contributed by atoms with E-state index in [0.717, 1.165) is 11.1 Å². The first kappa shape index (κ1) is 17.1. The number of carbonyl (C=O) groups is 2. The number of urea groups is 1. The summed E-state index contributed by atoms with van der Waals surface area (Å²) in [5.74, 6) is 4.96. The number of benzene rings is 2. The summed E-state index contributed by atoms with van der Waals surface area (Å²) in [6.45, 7) is 4.25. The zero-order valence-electron chi connectivity index (χ0n) is 13.6. The van der Waals surface area contributed by atoms with E-state index in [4.69, 9.17) is 0 Å². The van der Waals surface area contributed by atoms with Gasteiger partial charge in [0.1, 0.15) is 0 Å². The average molecular weight is 321 g/mol. The Morgan fingerprint density at radius 2 is 1.79 bits per heavy atom. The van der Waals surface area contributed by atoms with Crippen molar-refractivity contribution in [3.05, 3.63) is 59.7 Å². The SMILES string of the molecule is CCNC(=O)Nc1ccc(C)c(NC(=O)C#Cc2ccccc2)c1. The molecule has 5 nitrogen and oxygen atoms in total. The van der Waals surface area contributed by atoms with Gasteiger partial charge < -0.3 is 16.0 Å². The summed E-state index contributed by atoms with van der Waals surface area (Å²) in [5, 5.41) is 8.09. The van der Waals surface area contributed by atoms with Crippen molar-refractivity contribution < 1.29 is 9.59 Å². The van der Waals surface area contributed by atoms with Gasteiger partial charge in [-0.2, -0.15) is 0 Å². The van der Waals surface area contributed by atoms with Crippen LogP contribution in [0.2, 0.25) is 0 Å². The normalized spacial score (nSPS) is 9.42. The van der Waals surface area contributed by atoms with E-state index >= 15 is 0 Å². The zero-order valence-corrected chi connectivity index (χ0v) is 13.6. The predicted molar refractivity (Wildman–Crippen MR) is 95.8 cm³/mol. The molecule has 2 rings (SSSR count). The maximum Gasteiger partial charge on any atom is 0.319 e. The van der Waals surface area contributed by atoms with Crippen molar-refractivity contribution in [3.8, 4) is 11.8 Å². The lowest BCUT2D eigenvalue weighted by molar-refractivity contribution is -0.111. The number of anilines is 2. The van der Waals surface area contributed by atoms with Crippen LogP contribution in [0, 0.1) is 18.8 Å². The number of amides is 3. The van der Waals surface area contributed by atoms with Crippen molar-refractivity contribution in [2.45, 2.75) is 13.8 Å². The van der Waals surface area contributed by atoms with Gasteiger partial charge in [-0.05, 0) is 43.7 Å². The van der Waals surface area contributed by atoms with Crippen LogP contribution in [-0.2, 0) is 4.79 Å². The molecule has 0 aliphatic carbocycles. The highest BCUT2D eigenvalue weighted by Gasteiger charge is 2.06. The average Bonchev–Trinajstić information content (AvgIpc) is 2.57. The molecular formula is C19H19N3O2. The lowest BCUT2D eigenvalue weighted by atomic mass is 10.1. The van der Waals surface area contributed by atoms with Gasteiger partial charge in [-0.25, -0.2) is 4.79 Å². The van der Waals surface area contributed by atoms with Crippen LogP contribution in [0.15, 0.2) is 48.5 Å². The molecule has 0 spiro atoms. The highest BCUT2D eigenvalue weighted by atomic mass is 16.2. The maximum atomic E-state index is 12.0. The molecular weight excluding hydrogens is 302 g/mol. The van der Waals surface area contributed by atoms with Crippen molar-refractivity contribution in [1.82, 2.24) is 5.32 Å². The van der Waals surface area contributed by atoms with Gasteiger partial charge in [-0.3, -0.25) is 4.79 Å². The van der Waals surface area contributed by atoms with Crippen LogP contribution >= 0.6 is 0 Å². The fourth-order valence-electron chi connectivity index (χ4n) is 1.97. The standard InChI is InChI=1S/C19H19N3O2/c1-3-20-19(24)21-16-11-9-14(2)17(13-16)22-18(23)12-10-15-7-5-4-6-8-15/h4-9,11,13H,3H2,1-2H3,(H,22,23)(H2,20,21,24). The summed E-state index contributed by atoms with van der Waals surface area (Å²) >= 11 is 0. The van der Waals surface area contributed by atoms with E-state index < -0.39 is 5.91 Å². The Kier molecular flexibility index (Phi) is 5.98. The fraction of sp³-hybridized carbons (Fsp3) is 0.158. The summed E-state index contributed by atoms with van der Waals surface area (Å²) in [6, 6.07) is 14.3. The monoisotopic (exact) mass is 321 g/mol. The fourth-order valence-corrected chi connectivity index (χ4v) is 1.97. The Morgan fingerprint density at radius 1 is 1.04 bits per heavy atom. The van der Waals surface area contributed by atoms with E-state index in [-0.39, 0.29) is 6.03 Å². The Morgan fingerprint density at radius 3 is 2.50 bits per heavy atom. The topological polar surface area (TPSA) is 70.2 Å². The smallest absolute Gasteiger partial charge is 0.319 e. The van der Waals surface area contributed by atoms with Gasteiger partial charge >= 0.3 is 11.9 Å². The molecule has 0 aliphatic heterocycles. The van der Waals surface area contributed by atoms with Crippen LogP contribution in [0.4, 0.5) is 16.2 Å². The molecule has 2 aromatic rings. The Bertz CT molecular complexity index is 789. The molecule has 0 radical (unpaired) electrons. The number of hydrogen-bond donors (Lipinski definition) is 3. The molecule has 5 heteroatoms. The highest BCUT2D eigenvalue weighted by Crippen LogP contribution is 2.20. The van der Waals surface area contributed by atoms with Crippen LogP contribution in [0.5, 0.6) is 0 Å². The van der Waals surface area contributed by atoms with E-state index in [9.17, 15) is 9.59 Å². The van der Waals surface area contributed by atoms with Gasteiger partial charge in [-0.1, -0.05) is 30.2 Å². The van der Waals surface area contributed by atoms with E-state index in [1.807, 2.05) is 50.2 Å². The predicted octanol–water partition coefficient (Wildman–Crippen LogP) is 3.13. The van der Waals surface area contributed by atoms with E-state index in [0.29, 0.717) is 17.9 Å². The third-order valence-electron chi connectivity index (χ3n) is 3.18. The molecule has 2 aromatic carbocycles. The van der Waals surface area contributed by atoms with E-state index in [1.54, 1.807) is 12.1 Å². The summed E-state index contributed by atoms with van der Waals surface area (Å²) in [5.41, 5.74) is 2.86. The van der Waals surface area contributed by atoms with Gasteiger partial charge in [0.05, 0.1) is 0 Å². The molecule has 0 saturated heterocycles. The zero-order chi connectivity index (χ0) is 17.4. The van der Waals surface area contributed by atoms with E-state index in [2.05, 4.69) is 27.8 Å². The first-order valence-corrected chi connectivity index (χ1v) is 7.62. The summed E-state index contributed by atoms with van der Waals surface area (Å²) in [6.07, 6.45) is 0. The molecule has 24 heavy (non-hydrogen) atoms. The second kappa shape index (κ2) is 8.39. The first-order valence-electron chi connectivity index (χ1n) is 7.62. The second-order valence-corrected chi connectivity index (χ2v) is 5.08. The van der Waals surface area contributed by atoms with Gasteiger partial charge in [0.25, 0.3) is 0 Å². The van der Waals surface area contributed by atoms with Gasteiger partial charge in [0.15, 0.2) is 0 Å². The molecule has 0 aromatic heterocycles. The highest BCUT2D eigenvalue weighted by molar-refractivity contribution is 6.05. The molecule has 0 bridgehead atoms. The van der Waals surface area contributed by atoms with Crippen LogP contribution in [0.25, 0.3) is 0 Å². The second-order valence-electron chi connectivity index (χ2n) is 5.08. The van der Waals surface area contributed by atoms with Gasteiger partial charge in [-0.15, -0.1) is 0 Å². The molecule has 0 fully saturated rings. The number of hydrogen-bond acceptors (Lipinski definition) is 2. The minimum absolute atomic E-state index is 0.289. The Balaban J connectivity index is 2.07. The Hall–Kier alpha value is -3.26. The molecule has 0 atom stereocenters. The van der Waals surface area contributed by atoms with Gasteiger partial charge in [0, 0.05) is 29.4 Å². The first-order chi connectivity index (χ1) is 11.6. The summed E-state index contributed by atoms with van der Waals surface area (Å²) < 4.78 is 0. The molecule has 122 valence electrons.